The predicted octanol–water partition coefficient (Wildman–Crippen LogP) is 2.85. The van der Waals surface area contributed by atoms with Crippen LogP contribution in [0, 0.1) is 5.92 Å². The lowest BCUT2D eigenvalue weighted by Gasteiger charge is -2.12. The molecule has 0 fully saturated rings. The van der Waals surface area contributed by atoms with E-state index >= 15 is 0 Å². The van der Waals surface area contributed by atoms with Crippen LogP contribution in [0.1, 0.15) is 45.4 Å². The molecule has 0 saturated carbocycles. The molecule has 0 aromatic carbocycles. The van der Waals surface area contributed by atoms with Crippen molar-refractivity contribution in [3.05, 3.63) is 18.7 Å². The third-order valence-corrected chi connectivity index (χ3v) is 3.04. The summed E-state index contributed by atoms with van der Waals surface area (Å²) in [6, 6.07) is 0. The molecule has 0 aliphatic heterocycles. The van der Waals surface area contributed by atoms with E-state index in [9.17, 15) is 0 Å². The summed E-state index contributed by atoms with van der Waals surface area (Å²) in [4.78, 5) is 4.02. The van der Waals surface area contributed by atoms with Crippen LogP contribution in [-0.2, 0) is 6.54 Å². The summed E-state index contributed by atoms with van der Waals surface area (Å²) in [7, 11) is 0. The summed E-state index contributed by atoms with van der Waals surface area (Å²) in [6.45, 7) is 3.61. The van der Waals surface area contributed by atoms with E-state index in [4.69, 9.17) is 5.11 Å². The quantitative estimate of drug-likeness (QED) is 0.655. The Morgan fingerprint density at radius 3 is 2.75 bits per heavy atom. The second kappa shape index (κ2) is 8.34. The van der Waals surface area contributed by atoms with Crippen LogP contribution in [0.15, 0.2) is 18.7 Å². The number of aliphatic hydroxyl groups is 1. The first kappa shape index (κ1) is 13.2. The molecule has 3 nitrogen and oxygen atoms in total. The van der Waals surface area contributed by atoms with Gasteiger partial charge in [0.1, 0.15) is 0 Å². The van der Waals surface area contributed by atoms with Crippen molar-refractivity contribution in [3.63, 3.8) is 0 Å². The average Bonchev–Trinajstić information content (AvgIpc) is 2.80. The Labute approximate surface area is 98.5 Å². The molecule has 92 valence electrons. The number of aryl methyl sites for hydroxylation is 1. The van der Waals surface area contributed by atoms with Crippen LogP contribution in [0.25, 0.3) is 0 Å². The molecule has 1 N–H and O–H groups in total. The van der Waals surface area contributed by atoms with E-state index < -0.39 is 0 Å². The number of unbranched alkanes of at least 4 members (excludes halogenated alkanes) is 2. The van der Waals surface area contributed by atoms with Crippen molar-refractivity contribution in [2.75, 3.05) is 6.61 Å². The zero-order valence-electron chi connectivity index (χ0n) is 10.3. The second-order valence-corrected chi connectivity index (χ2v) is 4.49. The molecule has 0 aliphatic rings. The number of imidazole rings is 1. The van der Waals surface area contributed by atoms with E-state index in [0.29, 0.717) is 12.5 Å². The SMILES string of the molecule is CCC[C@@H](CO)CCCCCn1ccnc1. The van der Waals surface area contributed by atoms with Crippen LogP contribution in [-0.4, -0.2) is 21.3 Å². The predicted molar refractivity (Wildman–Crippen MR) is 66.2 cm³/mol. The Kier molecular flexibility index (Phi) is 6.90. The Hall–Kier alpha value is -0.830. The Bertz CT molecular complexity index is 246. The number of aromatic nitrogens is 2. The van der Waals surface area contributed by atoms with Gasteiger partial charge >= 0.3 is 0 Å². The van der Waals surface area contributed by atoms with Crippen molar-refractivity contribution in [3.8, 4) is 0 Å². The normalized spacial score (nSPS) is 12.9. The van der Waals surface area contributed by atoms with Crippen LogP contribution in [0.5, 0.6) is 0 Å². The van der Waals surface area contributed by atoms with E-state index in [1.165, 1.54) is 32.1 Å². The van der Waals surface area contributed by atoms with Crippen LogP contribution < -0.4 is 0 Å². The molecule has 16 heavy (non-hydrogen) atoms. The maximum absolute atomic E-state index is 9.15. The minimum absolute atomic E-state index is 0.357. The van der Waals surface area contributed by atoms with Crippen LogP contribution in [0.3, 0.4) is 0 Å². The first-order valence-electron chi connectivity index (χ1n) is 6.43. The molecule has 1 aromatic rings. The molecular formula is C13H24N2O. The molecule has 0 aliphatic carbocycles. The van der Waals surface area contributed by atoms with Gasteiger partial charge in [0.05, 0.1) is 6.33 Å². The Balaban J connectivity index is 1.98. The third kappa shape index (κ3) is 5.31. The first-order chi connectivity index (χ1) is 7.86. The van der Waals surface area contributed by atoms with Gasteiger partial charge in [0.15, 0.2) is 0 Å². The van der Waals surface area contributed by atoms with E-state index in [-0.39, 0.29) is 0 Å². The number of hydrogen-bond donors (Lipinski definition) is 1. The summed E-state index contributed by atoms with van der Waals surface area (Å²) in [5.41, 5.74) is 0. The summed E-state index contributed by atoms with van der Waals surface area (Å²) >= 11 is 0. The van der Waals surface area contributed by atoms with E-state index in [2.05, 4.69) is 16.5 Å². The fourth-order valence-electron chi connectivity index (χ4n) is 2.06. The molecule has 1 heterocycles. The fourth-order valence-corrected chi connectivity index (χ4v) is 2.06. The number of aliphatic hydroxyl groups excluding tert-OH is 1. The molecule has 0 unspecified atom stereocenters. The molecular weight excluding hydrogens is 200 g/mol. The zero-order chi connectivity index (χ0) is 11.6. The van der Waals surface area contributed by atoms with Gasteiger partial charge in [-0.05, 0) is 25.2 Å². The van der Waals surface area contributed by atoms with Crippen molar-refractivity contribution in [1.82, 2.24) is 9.55 Å². The molecule has 0 amide bonds. The van der Waals surface area contributed by atoms with E-state index in [1.807, 2.05) is 18.7 Å². The standard InChI is InChI=1S/C13H24N2O/c1-2-6-13(11-16)7-4-3-5-9-15-10-8-14-12-15/h8,10,12-13,16H,2-7,9,11H2,1H3/t13-/m1/s1. The lowest BCUT2D eigenvalue weighted by Crippen LogP contribution is -2.05. The smallest absolute Gasteiger partial charge is 0.0945 e. The summed E-state index contributed by atoms with van der Waals surface area (Å²) in [5, 5.41) is 9.15. The molecule has 0 saturated heterocycles. The van der Waals surface area contributed by atoms with Gasteiger partial charge in [-0.2, -0.15) is 0 Å². The van der Waals surface area contributed by atoms with Gasteiger partial charge in [0.2, 0.25) is 0 Å². The third-order valence-electron chi connectivity index (χ3n) is 3.04. The van der Waals surface area contributed by atoms with Crippen LogP contribution in [0.4, 0.5) is 0 Å². The van der Waals surface area contributed by atoms with Gasteiger partial charge in [-0.25, -0.2) is 4.98 Å². The molecule has 1 aromatic heterocycles. The maximum atomic E-state index is 9.15. The monoisotopic (exact) mass is 224 g/mol. The van der Waals surface area contributed by atoms with Crippen molar-refractivity contribution in [2.24, 2.45) is 5.92 Å². The second-order valence-electron chi connectivity index (χ2n) is 4.49. The number of rotatable bonds is 9. The summed E-state index contributed by atoms with van der Waals surface area (Å²) in [6.07, 6.45) is 12.9. The van der Waals surface area contributed by atoms with E-state index in [1.54, 1.807) is 0 Å². The minimum atomic E-state index is 0.357. The van der Waals surface area contributed by atoms with Gasteiger partial charge in [-0.1, -0.05) is 26.2 Å². The molecule has 3 heteroatoms. The van der Waals surface area contributed by atoms with Crippen molar-refractivity contribution in [2.45, 2.75) is 52.0 Å². The van der Waals surface area contributed by atoms with Crippen molar-refractivity contribution >= 4 is 0 Å². The fraction of sp³-hybridized carbons (Fsp3) is 0.769. The lowest BCUT2D eigenvalue weighted by atomic mass is 9.97. The summed E-state index contributed by atoms with van der Waals surface area (Å²) < 4.78 is 2.12. The van der Waals surface area contributed by atoms with Gasteiger partial charge in [-0.15, -0.1) is 0 Å². The Morgan fingerprint density at radius 2 is 2.12 bits per heavy atom. The zero-order valence-corrected chi connectivity index (χ0v) is 10.3. The first-order valence-corrected chi connectivity index (χ1v) is 6.43. The number of nitrogens with zero attached hydrogens (tertiary/aromatic N) is 2. The van der Waals surface area contributed by atoms with Crippen molar-refractivity contribution < 1.29 is 5.11 Å². The van der Waals surface area contributed by atoms with Crippen LogP contribution in [0.2, 0.25) is 0 Å². The molecule has 1 atom stereocenters. The molecule has 0 radical (unpaired) electrons. The van der Waals surface area contributed by atoms with Gasteiger partial charge in [0.25, 0.3) is 0 Å². The molecule has 0 spiro atoms. The molecule has 1 rings (SSSR count). The molecule has 0 bridgehead atoms. The lowest BCUT2D eigenvalue weighted by molar-refractivity contribution is 0.206. The summed E-state index contributed by atoms with van der Waals surface area (Å²) in [5.74, 6) is 0.526. The highest BCUT2D eigenvalue weighted by Crippen LogP contribution is 2.15. The van der Waals surface area contributed by atoms with Crippen molar-refractivity contribution in [1.29, 1.82) is 0 Å². The minimum Gasteiger partial charge on any atom is -0.396 e. The van der Waals surface area contributed by atoms with Gasteiger partial charge in [-0.3, -0.25) is 0 Å². The average molecular weight is 224 g/mol. The van der Waals surface area contributed by atoms with Crippen LogP contribution >= 0.6 is 0 Å². The largest absolute Gasteiger partial charge is 0.396 e. The van der Waals surface area contributed by atoms with Gasteiger partial charge < -0.3 is 9.67 Å². The Morgan fingerprint density at radius 1 is 1.25 bits per heavy atom. The highest BCUT2D eigenvalue weighted by atomic mass is 16.3. The maximum Gasteiger partial charge on any atom is 0.0945 e. The highest BCUT2D eigenvalue weighted by molar-refractivity contribution is 4.73. The number of hydrogen-bond acceptors (Lipinski definition) is 2. The topological polar surface area (TPSA) is 38.0 Å². The van der Waals surface area contributed by atoms with Gasteiger partial charge in [0, 0.05) is 25.5 Å². The highest BCUT2D eigenvalue weighted by Gasteiger charge is 2.05. The van der Waals surface area contributed by atoms with E-state index in [0.717, 1.165) is 13.0 Å².